The Kier molecular flexibility index (Phi) is 11.4. The van der Waals surface area contributed by atoms with E-state index in [0.29, 0.717) is 18.7 Å². The van der Waals surface area contributed by atoms with Gasteiger partial charge in [0.25, 0.3) is 0 Å². The highest BCUT2D eigenvalue weighted by Crippen LogP contribution is 2.47. The van der Waals surface area contributed by atoms with Crippen LogP contribution in [-0.4, -0.2) is 54.9 Å². The van der Waals surface area contributed by atoms with Crippen LogP contribution >= 0.6 is 0 Å². The van der Waals surface area contributed by atoms with Gasteiger partial charge in [-0.15, -0.1) is 0 Å². The van der Waals surface area contributed by atoms with Crippen molar-refractivity contribution in [3.05, 3.63) is 167 Å². The molecule has 260 valence electrons. The summed E-state index contributed by atoms with van der Waals surface area (Å²) in [5.74, 6) is -0.127. The quantitative estimate of drug-likeness (QED) is 0.119. The van der Waals surface area contributed by atoms with E-state index in [0.717, 1.165) is 27.8 Å². The summed E-state index contributed by atoms with van der Waals surface area (Å²) in [5, 5.41) is 30.7. The third kappa shape index (κ3) is 8.66. The maximum absolute atomic E-state index is 12.8. The van der Waals surface area contributed by atoms with Gasteiger partial charge in [-0.3, -0.25) is 0 Å². The van der Waals surface area contributed by atoms with Gasteiger partial charge in [0.15, 0.2) is 6.29 Å². The van der Waals surface area contributed by atoms with E-state index in [1.54, 1.807) is 54.6 Å². The second-order valence-corrected chi connectivity index (χ2v) is 14.4. The first kappa shape index (κ1) is 35.4. The lowest BCUT2D eigenvalue weighted by Gasteiger charge is -2.44. The molecule has 1 saturated heterocycles. The van der Waals surface area contributed by atoms with Crippen molar-refractivity contribution in [3.63, 3.8) is 0 Å². The maximum atomic E-state index is 12.8. The highest BCUT2D eigenvalue weighted by atomic mass is 32.2. The van der Waals surface area contributed by atoms with E-state index < -0.39 is 28.5 Å². The number of phenolic OH excluding ortho intramolecular Hbond substituents is 1. The molecule has 0 radical (unpaired) electrons. The van der Waals surface area contributed by atoms with E-state index in [-0.39, 0.29) is 35.8 Å². The van der Waals surface area contributed by atoms with Gasteiger partial charge in [0.05, 0.1) is 29.8 Å². The van der Waals surface area contributed by atoms with Gasteiger partial charge in [0.1, 0.15) is 5.75 Å². The van der Waals surface area contributed by atoms with Crippen LogP contribution in [0, 0.1) is 0 Å². The van der Waals surface area contributed by atoms with Gasteiger partial charge >= 0.3 is 0 Å². The standard InChI is InChI=1S/C40H42N2O7S/c1-42(25-36(45)33-11-8-12-34(44)23-33)26-37-38(30-9-4-2-5-10-30)39(31-19-17-29(27-43)18-20-31)49-40(48-37)32-21-15-28(16-22-32)24-41-50(46,47)35-13-6-3-7-14-35/h2-23,36-41,43-45H,24-27H2,1H3. The molecule has 0 bridgehead atoms. The van der Waals surface area contributed by atoms with Crippen molar-refractivity contribution >= 4 is 10.0 Å². The zero-order valence-corrected chi connectivity index (χ0v) is 28.6. The molecule has 1 heterocycles. The predicted molar refractivity (Wildman–Crippen MR) is 190 cm³/mol. The summed E-state index contributed by atoms with van der Waals surface area (Å²) < 4.78 is 41.8. The molecule has 50 heavy (non-hydrogen) atoms. The molecule has 5 aromatic rings. The molecule has 1 aliphatic heterocycles. The molecule has 0 aliphatic carbocycles. The number of aliphatic hydroxyl groups is 2. The van der Waals surface area contributed by atoms with Crippen molar-refractivity contribution < 1.29 is 33.2 Å². The molecule has 5 aromatic carbocycles. The first-order chi connectivity index (χ1) is 24.2. The van der Waals surface area contributed by atoms with Crippen LogP contribution in [0.1, 0.15) is 57.8 Å². The Balaban J connectivity index is 1.27. The fourth-order valence-corrected chi connectivity index (χ4v) is 7.37. The predicted octanol–water partition coefficient (Wildman–Crippen LogP) is 5.97. The lowest BCUT2D eigenvalue weighted by atomic mass is 9.83. The number of aromatic hydroxyl groups is 1. The number of ether oxygens (including phenoxy) is 2. The summed E-state index contributed by atoms with van der Waals surface area (Å²) in [5.41, 5.74) is 4.94. The van der Waals surface area contributed by atoms with Crippen LogP contribution in [0.4, 0.5) is 0 Å². The minimum atomic E-state index is -3.66. The molecule has 6 rings (SSSR count). The van der Waals surface area contributed by atoms with Gasteiger partial charge < -0.3 is 29.7 Å². The lowest BCUT2D eigenvalue weighted by molar-refractivity contribution is -0.263. The highest BCUT2D eigenvalue weighted by molar-refractivity contribution is 7.89. The molecule has 1 aliphatic rings. The average Bonchev–Trinajstić information content (AvgIpc) is 3.14. The Bertz CT molecular complexity index is 1920. The molecule has 0 amide bonds. The first-order valence-electron chi connectivity index (χ1n) is 16.5. The Morgan fingerprint density at radius 3 is 2.06 bits per heavy atom. The Morgan fingerprint density at radius 1 is 0.760 bits per heavy atom. The largest absolute Gasteiger partial charge is 0.508 e. The van der Waals surface area contributed by atoms with Crippen molar-refractivity contribution in [2.75, 3.05) is 20.1 Å². The summed E-state index contributed by atoms with van der Waals surface area (Å²) in [6.45, 7) is 0.816. The summed E-state index contributed by atoms with van der Waals surface area (Å²) in [6.07, 6.45) is -2.37. The van der Waals surface area contributed by atoms with Crippen molar-refractivity contribution in [2.45, 2.75) is 48.6 Å². The summed E-state index contributed by atoms with van der Waals surface area (Å²) in [7, 11) is -1.73. The van der Waals surface area contributed by atoms with Gasteiger partial charge in [-0.05, 0) is 59.1 Å². The number of hydrogen-bond donors (Lipinski definition) is 4. The van der Waals surface area contributed by atoms with E-state index in [9.17, 15) is 23.7 Å². The van der Waals surface area contributed by atoms with Crippen molar-refractivity contribution in [3.8, 4) is 5.75 Å². The van der Waals surface area contributed by atoms with Crippen LogP contribution in [0.15, 0.2) is 138 Å². The SMILES string of the molecule is CN(CC(O)c1cccc(O)c1)CC1OC(c2ccc(CNS(=O)(=O)c3ccccc3)cc2)OC(c2ccc(CO)cc2)C1c1ccccc1. The fraction of sp³-hybridized carbons (Fsp3) is 0.250. The van der Waals surface area contributed by atoms with Crippen LogP contribution in [0.5, 0.6) is 5.75 Å². The lowest BCUT2D eigenvalue weighted by Crippen LogP contribution is -2.44. The molecule has 0 spiro atoms. The minimum Gasteiger partial charge on any atom is -0.508 e. The average molecular weight is 695 g/mol. The summed E-state index contributed by atoms with van der Waals surface area (Å²) >= 11 is 0. The fourth-order valence-electron chi connectivity index (χ4n) is 6.33. The molecule has 5 atom stereocenters. The number of nitrogens with one attached hydrogen (secondary N) is 1. The smallest absolute Gasteiger partial charge is 0.240 e. The van der Waals surface area contributed by atoms with Crippen molar-refractivity contribution in [1.29, 1.82) is 0 Å². The molecule has 10 heteroatoms. The molecule has 9 nitrogen and oxygen atoms in total. The van der Waals surface area contributed by atoms with E-state index in [4.69, 9.17) is 9.47 Å². The molecule has 1 fully saturated rings. The topological polar surface area (TPSA) is 129 Å². The molecule has 0 saturated carbocycles. The van der Waals surface area contributed by atoms with E-state index in [1.165, 1.54) is 0 Å². The summed E-state index contributed by atoms with van der Waals surface area (Å²) in [6, 6.07) is 40.2. The van der Waals surface area contributed by atoms with Gasteiger partial charge in [-0.1, -0.05) is 109 Å². The first-order valence-corrected chi connectivity index (χ1v) is 18.0. The normalized spacial score (nSPS) is 20.1. The number of nitrogens with zero attached hydrogens (tertiary/aromatic N) is 1. The number of hydrogen-bond acceptors (Lipinski definition) is 8. The number of rotatable bonds is 13. The van der Waals surface area contributed by atoms with E-state index in [2.05, 4.69) is 16.9 Å². The number of likely N-dealkylation sites (N-methyl/N-ethyl adjacent to an activating group) is 1. The van der Waals surface area contributed by atoms with E-state index in [1.807, 2.05) is 78.7 Å². The van der Waals surface area contributed by atoms with Gasteiger partial charge in [0, 0.05) is 31.1 Å². The van der Waals surface area contributed by atoms with Crippen LogP contribution in [0.3, 0.4) is 0 Å². The Labute approximate surface area is 293 Å². The van der Waals surface area contributed by atoms with Crippen LogP contribution < -0.4 is 4.72 Å². The Morgan fingerprint density at radius 2 is 1.40 bits per heavy atom. The number of benzene rings is 5. The van der Waals surface area contributed by atoms with E-state index >= 15 is 0 Å². The van der Waals surface area contributed by atoms with Crippen LogP contribution in [-0.2, 0) is 32.6 Å². The maximum Gasteiger partial charge on any atom is 0.240 e. The van der Waals surface area contributed by atoms with Crippen molar-refractivity contribution in [1.82, 2.24) is 9.62 Å². The molecule has 5 unspecified atom stereocenters. The zero-order chi connectivity index (χ0) is 35.1. The minimum absolute atomic E-state index is 0.0670. The second kappa shape index (κ2) is 16.1. The third-order valence-corrected chi connectivity index (χ3v) is 10.4. The molecule has 0 aromatic heterocycles. The highest BCUT2D eigenvalue weighted by Gasteiger charge is 2.42. The number of sulfonamides is 1. The van der Waals surface area contributed by atoms with Crippen LogP contribution in [0.2, 0.25) is 0 Å². The monoisotopic (exact) mass is 694 g/mol. The zero-order valence-electron chi connectivity index (χ0n) is 27.7. The number of phenols is 1. The van der Waals surface area contributed by atoms with Gasteiger partial charge in [0.2, 0.25) is 10.0 Å². The summed E-state index contributed by atoms with van der Waals surface area (Å²) in [4.78, 5) is 2.23. The van der Waals surface area contributed by atoms with Crippen molar-refractivity contribution in [2.24, 2.45) is 0 Å². The van der Waals surface area contributed by atoms with Gasteiger partial charge in [-0.2, -0.15) is 0 Å². The third-order valence-electron chi connectivity index (χ3n) is 8.97. The molecular formula is C40H42N2O7S. The molecule has 4 N–H and O–H groups in total. The van der Waals surface area contributed by atoms with Crippen LogP contribution in [0.25, 0.3) is 0 Å². The Hall–Kier alpha value is -4.39. The number of aliphatic hydroxyl groups excluding tert-OH is 2. The second-order valence-electron chi connectivity index (χ2n) is 12.6. The van der Waals surface area contributed by atoms with Gasteiger partial charge in [-0.25, -0.2) is 13.1 Å². The molecular weight excluding hydrogens is 653 g/mol.